The van der Waals surface area contributed by atoms with E-state index in [-0.39, 0.29) is 5.69 Å². The third-order valence-electron chi connectivity index (χ3n) is 1.64. The first-order chi connectivity index (χ1) is 6.79. The number of nitrogens with zero attached hydrogens (tertiary/aromatic N) is 2. The molecule has 1 heterocycles. The Labute approximate surface area is 91.1 Å². The van der Waals surface area contributed by atoms with E-state index in [2.05, 4.69) is 25.8 Å². The average molecular weight is 287 g/mol. The van der Waals surface area contributed by atoms with Crippen molar-refractivity contribution in [1.29, 1.82) is 0 Å². The van der Waals surface area contributed by atoms with Gasteiger partial charge in [-0.1, -0.05) is 0 Å². The minimum atomic E-state index is -4.61. The van der Waals surface area contributed by atoms with Crippen molar-refractivity contribution in [2.45, 2.75) is 6.18 Å². The van der Waals surface area contributed by atoms with Gasteiger partial charge in [-0.05, 0) is 15.9 Å². The van der Waals surface area contributed by atoms with Gasteiger partial charge in [-0.25, -0.2) is 4.79 Å². The van der Waals surface area contributed by atoms with Gasteiger partial charge in [-0.2, -0.15) is 18.3 Å². The Hall–Kier alpha value is -1.05. The maximum atomic E-state index is 12.4. The molecular formula is C7H6BrF3N2O2. The van der Waals surface area contributed by atoms with Crippen molar-refractivity contribution in [1.82, 2.24) is 9.78 Å². The molecule has 0 saturated carbocycles. The number of hydrogen-bond acceptors (Lipinski definition) is 3. The highest BCUT2D eigenvalue weighted by Crippen LogP contribution is 2.35. The molecule has 0 aliphatic rings. The smallest absolute Gasteiger partial charge is 0.436 e. The maximum Gasteiger partial charge on any atom is 0.436 e. The summed E-state index contributed by atoms with van der Waals surface area (Å²) in [4.78, 5) is 11.1. The van der Waals surface area contributed by atoms with Crippen LogP contribution in [0.15, 0.2) is 4.47 Å². The number of rotatable bonds is 1. The van der Waals surface area contributed by atoms with Crippen LogP contribution in [0.2, 0.25) is 0 Å². The number of esters is 1. The number of carbonyl (C=O) groups is 1. The molecule has 0 unspecified atom stereocenters. The molecule has 0 spiro atoms. The second-order valence-electron chi connectivity index (χ2n) is 2.62. The van der Waals surface area contributed by atoms with Crippen LogP contribution in [0.1, 0.15) is 16.2 Å². The summed E-state index contributed by atoms with van der Waals surface area (Å²) in [6.45, 7) is 0. The van der Waals surface area contributed by atoms with Gasteiger partial charge in [0.2, 0.25) is 0 Å². The van der Waals surface area contributed by atoms with E-state index in [4.69, 9.17) is 0 Å². The molecule has 0 aromatic carbocycles. The largest absolute Gasteiger partial charge is 0.464 e. The average Bonchev–Trinajstić information content (AvgIpc) is 2.40. The minimum absolute atomic E-state index is 0.273. The zero-order valence-corrected chi connectivity index (χ0v) is 9.31. The molecule has 0 saturated heterocycles. The van der Waals surface area contributed by atoms with Gasteiger partial charge in [-0.15, -0.1) is 0 Å². The highest BCUT2D eigenvalue weighted by atomic mass is 79.9. The minimum Gasteiger partial charge on any atom is -0.464 e. The summed E-state index contributed by atoms with van der Waals surface area (Å²) in [5.41, 5.74) is -1.42. The topological polar surface area (TPSA) is 44.1 Å². The summed E-state index contributed by atoms with van der Waals surface area (Å²) in [7, 11) is 2.31. The summed E-state index contributed by atoms with van der Waals surface area (Å²) in [6.07, 6.45) is -4.61. The molecule has 1 rings (SSSR count). The summed E-state index contributed by atoms with van der Waals surface area (Å²) in [6, 6.07) is 0. The summed E-state index contributed by atoms with van der Waals surface area (Å²) >= 11 is 2.68. The lowest BCUT2D eigenvalue weighted by Gasteiger charge is -2.01. The predicted molar refractivity (Wildman–Crippen MR) is 47.2 cm³/mol. The molecule has 0 radical (unpaired) electrons. The van der Waals surface area contributed by atoms with Crippen LogP contribution in [0.4, 0.5) is 13.2 Å². The molecule has 4 nitrogen and oxygen atoms in total. The molecule has 0 aliphatic heterocycles. The number of ether oxygens (including phenoxy) is 1. The van der Waals surface area contributed by atoms with E-state index < -0.39 is 22.3 Å². The Morgan fingerprint density at radius 1 is 1.53 bits per heavy atom. The zero-order chi connectivity index (χ0) is 11.8. The van der Waals surface area contributed by atoms with Gasteiger partial charge in [0.1, 0.15) is 0 Å². The second kappa shape index (κ2) is 3.84. The van der Waals surface area contributed by atoms with E-state index in [0.717, 1.165) is 11.8 Å². The van der Waals surface area contributed by atoms with Crippen LogP contribution in [-0.4, -0.2) is 22.9 Å². The lowest BCUT2D eigenvalue weighted by molar-refractivity contribution is -0.142. The quantitative estimate of drug-likeness (QED) is 0.742. The van der Waals surface area contributed by atoms with Crippen LogP contribution in [0.25, 0.3) is 0 Å². The van der Waals surface area contributed by atoms with Gasteiger partial charge in [0.05, 0.1) is 11.6 Å². The monoisotopic (exact) mass is 286 g/mol. The molecule has 15 heavy (non-hydrogen) atoms. The van der Waals surface area contributed by atoms with Crippen molar-refractivity contribution in [3.63, 3.8) is 0 Å². The van der Waals surface area contributed by atoms with E-state index in [1.807, 2.05) is 0 Å². The van der Waals surface area contributed by atoms with E-state index in [9.17, 15) is 18.0 Å². The van der Waals surface area contributed by atoms with E-state index >= 15 is 0 Å². The number of carbonyl (C=O) groups excluding carboxylic acids is 1. The number of alkyl halides is 3. The van der Waals surface area contributed by atoms with Crippen LogP contribution < -0.4 is 0 Å². The third-order valence-corrected chi connectivity index (χ3v) is 2.39. The SMILES string of the molecule is COC(=O)c1c(Br)c(C(F)(F)F)nn1C. The number of methoxy groups -OCH3 is 1. The Kier molecular flexibility index (Phi) is 3.08. The molecule has 0 aliphatic carbocycles. The number of halogens is 4. The highest BCUT2D eigenvalue weighted by molar-refractivity contribution is 9.10. The number of aryl methyl sites for hydroxylation is 1. The van der Waals surface area contributed by atoms with Crippen molar-refractivity contribution in [2.75, 3.05) is 7.11 Å². The summed E-state index contributed by atoms with van der Waals surface area (Å²) in [5.74, 6) is -0.882. The standard InChI is InChI=1S/C7H6BrF3N2O2/c1-13-4(6(14)15-2)3(8)5(12-13)7(9,10)11/h1-2H3. The van der Waals surface area contributed by atoms with Crippen LogP contribution in [-0.2, 0) is 18.0 Å². The van der Waals surface area contributed by atoms with Gasteiger partial charge < -0.3 is 4.74 Å². The first-order valence-electron chi connectivity index (χ1n) is 3.67. The van der Waals surface area contributed by atoms with Gasteiger partial charge in [0.25, 0.3) is 0 Å². The third kappa shape index (κ3) is 2.14. The molecule has 0 amide bonds. The Morgan fingerprint density at radius 2 is 2.07 bits per heavy atom. The van der Waals surface area contributed by atoms with Crippen molar-refractivity contribution in [2.24, 2.45) is 7.05 Å². The lowest BCUT2D eigenvalue weighted by atomic mass is 10.3. The van der Waals surface area contributed by atoms with Gasteiger partial charge >= 0.3 is 12.1 Å². The number of aromatic nitrogens is 2. The molecule has 0 fully saturated rings. The summed E-state index contributed by atoms with van der Waals surface area (Å²) < 4.78 is 41.8. The Morgan fingerprint density at radius 3 is 2.40 bits per heavy atom. The molecule has 1 aromatic heterocycles. The maximum absolute atomic E-state index is 12.4. The van der Waals surface area contributed by atoms with Crippen molar-refractivity contribution in [3.8, 4) is 0 Å². The van der Waals surface area contributed by atoms with Gasteiger partial charge in [0.15, 0.2) is 11.4 Å². The van der Waals surface area contributed by atoms with Crippen molar-refractivity contribution in [3.05, 3.63) is 15.9 Å². The van der Waals surface area contributed by atoms with Crippen molar-refractivity contribution < 1.29 is 22.7 Å². The Balaban J connectivity index is 3.33. The van der Waals surface area contributed by atoms with E-state index in [1.54, 1.807) is 0 Å². The molecule has 0 atom stereocenters. The fourth-order valence-corrected chi connectivity index (χ4v) is 1.72. The molecular weight excluding hydrogens is 281 g/mol. The van der Waals surface area contributed by atoms with Crippen LogP contribution in [0.5, 0.6) is 0 Å². The summed E-state index contributed by atoms with van der Waals surface area (Å²) in [5, 5.41) is 3.19. The van der Waals surface area contributed by atoms with Crippen LogP contribution >= 0.6 is 15.9 Å². The second-order valence-corrected chi connectivity index (χ2v) is 3.42. The molecule has 84 valence electrons. The van der Waals surface area contributed by atoms with E-state index in [0.29, 0.717) is 0 Å². The molecule has 0 N–H and O–H groups in total. The fourth-order valence-electron chi connectivity index (χ4n) is 0.998. The first-order valence-corrected chi connectivity index (χ1v) is 4.46. The highest BCUT2D eigenvalue weighted by Gasteiger charge is 2.39. The van der Waals surface area contributed by atoms with Gasteiger partial charge in [0, 0.05) is 7.05 Å². The van der Waals surface area contributed by atoms with E-state index in [1.165, 1.54) is 7.05 Å². The predicted octanol–water partition coefficient (Wildman–Crippen LogP) is 1.99. The van der Waals surface area contributed by atoms with Crippen molar-refractivity contribution >= 4 is 21.9 Å². The van der Waals surface area contributed by atoms with Crippen LogP contribution in [0.3, 0.4) is 0 Å². The fraction of sp³-hybridized carbons (Fsp3) is 0.429. The zero-order valence-electron chi connectivity index (χ0n) is 7.72. The normalized spacial score (nSPS) is 11.6. The Bertz CT molecular complexity index is 400. The molecule has 0 bridgehead atoms. The van der Waals surface area contributed by atoms with Crippen LogP contribution in [0, 0.1) is 0 Å². The number of hydrogen-bond donors (Lipinski definition) is 0. The lowest BCUT2D eigenvalue weighted by Crippen LogP contribution is -2.08. The molecule has 8 heteroatoms. The molecule has 1 aromatic rings. The van der Waals surface area contributed by atoms with Gasteiger partial charge in [-0.3, -0.25) is 4.68 Å². The first kappa shape index (κ1) is 12.0.